The summed E-state index contributed by atoms with van der Waals surface area (Å²) in [5, 5.41) is 4.71. The number of hydrogen-bond acceptors (Lipinski definition) is 6. The predicted octanol–water partition coefficient (Wildman–Crippen LogP) is -0.394. The van der Waals surface area contributed by atoms with Gasteiger partial charge in [0.05, 0.1) is 22.6 Å². The Balaban J connectivity index is 2.10. The molecule has 10 heteroatoms. The standard InChI is InChI=1S/C11H10BrN7O2/c1-18-9-5(2-14-18)8(13)15-7(16-9)4-19-3-6(12)10(20)17-11(19)21/h2-3H,4H2,1H3,(H2,13,15,16)(H,17,20,21). The summed E-state index contributed by atoms with van der Waals surface area (Å²) in [6, 6.07) is 0. The van der Waals surface area contributed by atoms with E-state index in [1.165, 1.54) is 10.8 Å². The average Bonchev–Trinajstić information content (AvgIpc) is 2.78. The second kappa shape index (κ2) is 4.81. The Bertz CT molecular complexity index is 955. The predicted molar refractivity (Wildman–Crippen MR) is 78.8 cm³/mol. The third-order valence-corrected chi connectivity index (χ3v) is 3.51. The third-order valence-electron chi connectivity index (χ3n) is 2.95. The highest BCUT2D eigenvalue weighted by atomic mass is 79.9. The van der Waals surface area contributed by atoms with Crippen LogP contribution in [0.25, 0.3) is 11.0 Å². The van der Waals surface area contributed by atoms with Gasteiger partial charge in [-0.05, 0) is 15.9 Å². The van der Waals surface area contributed by atoms with Crippen LogP contribution in [0.4, 0.5) is 5.82 Å². The number of nitrogen functional groups attached to an aromatic ring is 1. The monoisotopic (exact) mass is 351 g/mol. The van der Waals surface area contributed by atoms with Crippen molar-refractivity contribution < 1.29 is 0 Å². The number of aryl methyl sites for hydroxylation is 1. The van der Waals surface area contributed by atoms with Crippen molar-refractivity contribution in [3.63, 3.8) is 0 Å². The first-order valence-electron chi connectivity index (χ1n) is 5.89. The molecule has 0 aliphatic rings. The van der Waals surface area contributed by atoms with Crippen LogP contribution in [-0.4, -0.2) is 29.3 Å². The molecule has 21 heavy (non-hydrogen) atoms. The van der Waals surface area contributed by atoms with Gasteiger partial charge in [-0.1, -0.05) is 0 Å². The summed E-state index contributed by atoms with van der Waals surface area (Å²) in [4.78, 5) is 33.7. The largest absolute Gasteiger partial charge is 0.383 e. The van der Waals surface area contributed by atoms with Crippen LogP contribution in [0.3, 0.4) is 0 Å². The molecule has 9 nitrogen and oxygen atoms in total. The second-order valence-corrected chi connectivity index (χ2v) is 5.25. The molecule has 0 unspecified atom stereocenters. The summed E-state index contributed by atoms with van der Waals surface area (Å²) in [5.41, 5.74) is 5.40. The highest BCUT2D eigenvalue weighted by molar-refractivity contribution is 9.10. The van der Waals surface area contributed by atoms with Crippen molar-refractivity contribution in [3.05, 3.63) is 43.5 Å². The summed E-state index contributed by atoms with van der Waals surface area (Å²) < 4.78 is 3.10. The summed E-state index contributed by atoms with van der Waals surface area (Å²) >= 11 is 3.07. The van der Waals surface area contributed by atoms with E-state index in [2.05, 4.69) is 36.0 Å². The molecule has 0 aliphatic heterocycles. The van der Waals surface area contributed by atoms with Crippen molar-refractivity contribution >= 4 is 32.8 Å². The van der Waals surface area contributed by atoms with Crippen molar-refractivity contribution in [2.75, 3.05) is 5.73 Å². The van der Waals surface area contributed by atoms with E-state index in [1.807, 2.05) is 0 Å². The van der Waals surface area contributed by atoms with Crippen LogP contribution in [0.5, 0.6) is 0 Å². The normalized spacial score (nSPS) is 11.1. The van der Waals surface area contributed by atoms with E-state index in [-0.39, 0.29) is 11.0 Å². The van der Waals surface area contributed by atoms with E-state index in [0.717, 1.165) is 0 Å². The van der Waals surface area contributed by atoms with Crippen molar-refractivity contribution in [1.29, 1.82) is 0 Å². The van der Waals surface area contributed by atoms with Gasteiger partial charge in [0.15, 0.2) is 11.5 Å². The van der Waals surface area contributed by atoms with Crippen LogP contribution in [0.1, 0.15) is 5.82 Å². The molecule has 3 rings (SSSR count). The van der Waals surface area contributed by atoms with Crippen LogP contribution in [0.2, 0.25) is 0 Å². The number of halogens is 1. The molecule has 0 aromatic carbocycles. The van der Waals surface area contributed by atoms with Crippen molar-refractivity contribution in [2.45, 2.75) is 6.54 Å². The minimum atomic E-state index is -0.546. The first kappa shape index (κ1) is 13.5. The molecule has 108 valence electrons. The number of rotatable bonds is 2. The molecule has 0 bridgehead atoms. The molecule has 0 spiro atoms. The number of fused-ring (bicyclic) bond motifs is 1. The summed E-state index contributed by atoms with van der Waals surface area (Å²) in [7, 11) is 1.74. The van der Waals surface area contributed by atoms with Crippen molar-refractivity contribution in [3.8, 4) is 0 Å². The van der Waals surface area contributed by atoms with Crippen molar-refractivity contribution in [1.82, 2.24) is 29.3 Å². The molecule has 3 aromatic rings. The van der Waals surface area contributed by atoms with Crippen LogP contribution in [0, 0.1) is 0 Å². The van der Waals surface area contributed by atoms with E-state index in [1.54, 1.807) is 17.9 Å². The molecule has 0 fully saturated rings. The van der Waals surface area contributed by atoms with Gasteiger partial charge < -0.3 is 5.73 Å². The summed E-state index contributed by atoms with van der Waals surface area (Å²) in [6.45, 7) is 0.0829. The molecule has 0 radical (unpaired) electrons. The van der Waals surface area contributed by atoms with Gasteiger partial charge >= 0.3 is 5.69 Å². The van der Waals surface area contributed by atoms with E-state index >= 15 is 0 Å². The molecule has 0 saturated carbocycles. The van der Waals surface area contributed by atoms with Crippen LogP contribution >= 0.6 is 15.9 Å². The smallest absolute Gasteiger partial charge is 0.328 e. The molecule has 3 N–H and O–H groups in total. The number of hydrogen-bond donors (Lipinski definition) is 2. The fourth-order valence-electron chi connectivity index (χ4n) is 1.91. The maximum atomic E-state index is 11.7. The number of H-pyrrole nitrogens is 1. The van der Waals surface area contributed by atoms with Crippen LogP contribution < -0.4 is 17.0 Å². The molecule has 0 saturated heterocycles. The van der Waals surface area contributed by atoms with Gasteiger partial charge in [0.25, 0.3) is 5.56 Å². The summed E-state index contributed by atoms with van der Waals surface area (Å²) in [6.07, 6.45) is 2.96. The zero-order chi connectivity index (χ0) is 15.1. The fraction of sp³-hybridized carbons (Fsp3) is 0.182. The number of nitrogens with one attached hydrogen (secondary N) is 1. The minimum Gasteiger partial charge on any atom is -0.383 e. The number of aromatic nitrogens is 6. The number of anilines is 1. The van der Waals surface area contributed by atoms with Gasteiger partial charge in [0.2, 0.25) is 0 Å². The van der Waals surface area contributed by atoms with E-state index in [4.69, 9.17) is 5.73 Å². The van der Waals surface area contributed by atoms with Gasteiger partial charge in [-0.25, -0.2) is 14.8 Å². The van der Waals surface area contributed by atoms with Gasteiger partial charge in [-0.3, -0.25) is 19.0 Å². The van der Waals surface area contributed by atoms with Gasteiger partial charge in [0.1, 0.15) is 5.82 Å². The molecule has 3 heterocycles. The Kier molecular flexibility index (Phi) is 3.09. The van der Waals surface area contributed by atoms with Gasteiger partial charge in [-0.15, -0.1) is 0 Å². The number of nitrogens with zero attached hydrogens (tertiary/aromatic N) is 5. The van der Waals surface area contributed by atoms with E-state index < -0.39 is 11.2 Å². The topological polar surface area (TPSA) is 124 Å². The Hall–Kier alpha value is -2.49. The Morgan fingerprint density at radius 1 is 1.38 bits per heavy atom. The highest BCUT2D eigenvalue weighted by Gasteiger charge is 2.11. The van der Waals surface area contributed by atoms with Crippen LogP contribution in [0.15, 0.2) is 26.5 Å². The minimum absolute atomic E-state index is 0.0829. The number of nitrogens with two attached hydrogens (primary N) is 1. The Morgan fingerprint density at radius 2 is 2.14 bits per heavy atom. The highest BCUT2D eigenvalue weighted by Crippen LogP contribution is 2.16. The zero-order valence-corrected chi connectivity index (χ0v) is 12.5. The second-order valence-electron chi connectivity index (χ2n) is 4.39. The third kappa shape index (κ3) is 2.33. The van der Waals surface area contributed by atoms with Gasteiger partial charge in [-0.2, -0.15) is 5.10 Å². The molecule has 0 atom stereocenters. The Labute approximate surface area is 125 Å². The SMILES string of the molecule is Cn1ncc2c(N)nc(Cn3cc(Br)c(=O)[nH]c3=O)nc21. The van der Waals surface area contributed by atoms with Crippen molar-refractivity contribution in [2.24, 2.45) is 7.05 Å². The lowest BCUT2D eigenvalue weighted by molar-refractivity contribution is 0.682. The molecule has 3 aromatic heterocycles. The first-order chi connectivity index (χ1) is 9.95. The van der Waals surface area contributed by atoms with E-state index in [9.17, 15) is 9.59 Å². The average molecular weight is 352 g/mol. The maximum absolute atomic E-state index is 11.7. The lowest BCUT2D eigenvalue weighted by Gasteiger charge is -2.06. The first-order valence-corrected chi connectivity index (χ1v) is 6.68. The van der Waals surface area contributed by atoms with Crippen LogP contribution in [-0.2, 0) is 13.6 Å². The fourth-order valence-corrected chi connectivity index (χ4v) is 2.26. The lowest BCUT2D eigenvalue weighted by Crippen LogP contribution is -2.30. The molecular formula is C11H10BrN7O2. The maximum Gasteiger partial charge on any atom is 0.328 e. The molecule has 0 amide bonds. The lowest BCUT2D eigenvalue weighted by atomic mass is 10.4. The van der Waals surface area contributed by atoms with Gasteiger partial charge in [0, 0.05) is 13.2 Å². The molecular weight excluding hydrogens is 342 g/mol. The quantitative estimate of drug-likeness (QED) is 0.647. The zero-order valence-electron chi connectivity index (χ0n) is 10.9. The Morgan fingerprint density at radius 3 is 2.90 bits per heavy atom. The summed E-state index contributed by atoms with van der Waals surface area (Å²) in [5.74, 6) is 0.643. The number of aromatic amines is 1. The molecule has 0 aliphatic carbocycles. The van der Waals surface area contributed by atoms with E-state index in [0.29, 0.717) is 22.7 Å².